The van der Waals surface area contributed by atoms with Gasteiger partial charge in [0.2, 0.25) is 0 Å². The molecule has 0 aliphatic rings. The monoisotopic (exact) mass is 216 g/mol. The van der Waals surface area contributed by atoms with E-state index in [0.717, 1.165) is 13.0 Å². The molecule has 2 heterocycles. The fourth-order valence-electron chi connectivity index (χ4n) is 1.78. The van der Waals surface area contributed by atoms with Gasteiger partial charge in [-0.2, -0.15) is 5.10 Å². The lowest BCUT2D eigenvalue weighted by Gasteiger charge is -2.05. The smallest absolute Gasteiger partial charge is 0.0571 e. The maximum Gasteiger partial charge on any atom is 0.0571 e. The summed E-state index contributed by atoms with van der Waals surface area (Å²) >= 11 is 0. The third-order valence-electron chi connectivity index (χ3n) is 2.66. The van der Waals surface area contributed by atoms with Crippen molar-refractivity contribution >= 4 is 0 Å². The van der Waals surface area contributed by atoms with Crippen molar-refractivity contribution in [2.45, 2.75) is 6.42 Å². The van der Waals surface area contributed by atoms with Crippen LogP contribution in [0.5, 0.6) is 0 Å². The summed E-state index contributed by atoms with van der Waals surface area (Å²) in [5, 5.41) is 7.47. The van der Waals surface area contributed by atoms with Gasteiger partial charge in [0.15, 0.2) is 0 Å². The Morgan fingerprint density at radius 3 is 2.75 bits per heavy atom. The standard InChI is InChI=1S/C12H16N4/c1-13-6-5-12-11(9-15-16(12)2)10-3-7-14-8-4-10/h3-4,7-9,13H,5-6H2,1-2H3. The van der Waals surface area contributed by atoms with Gasteiger partial charge in [-0.3, -0.25) is 9.67 Å². The van der Waals surface area contributed by atoms with Gasteiger partial charge in [-0.05, 0) is 24.7 Å². The molecular formula is C12H16N4. The Morgan fingerprint density at radius 1 is 1.31 bits per heavy atom. The average Bonchev–Trinajstić information content (AvgIpc) is 2.69. The third-order valence-corrected chi connectivity index (χ3v) is 2.66. The number of hydrogen-bond acceptors (Lipinski definition) is 3. The van der Waals surface area contributed by atoms with Crippen LogP contribution in [0.1, 0.15) is 5.69 Å². The summed E-state index contributed by atoms with van der Waals surface area (Å²) in [6.45, 7) is 0.956. The molecule has 16 heavy (non-hydrogen) atoms. The van der Waals surface area contributed by atoms with Gasteiger partial charge in [0.25, 0.3) is 0 Å². The van der Waals surface area contributed by atoms with Crippen molar-refractivity contribution in [1.82, 2.24) is 20.1 Å². The second kappa shape index (κ2) is 4.90. The molecule has 0 aromatic carbocycles. The highest BCUT2D eigenvalue weighted by Gasteiger charge is 2.09. The molecule has 0 unspecified atom stereocenters. The van der Waals surface area contributed by atoms with E-state index in [9.17, 15) is 0 Å². The van der Waals surface area contributed by atoms with Crippen LogP contribution in [0.25, 0.3) is 11.1 Å². The van der Waals surface area contributed by atoms with E-state index in [4.69, 9.17) is 0 Å². The minimum absolute atomic E-state index is 0.956. The van der Waals surface area contributed by atoms with Crippen molar-refractivity contribution in [2.75, 3.05) is 13.6 Å². The van der Waals surface area contributed by atoms with Gasteiger partial charge < -0.3 is 5.32 Å². The average molecular weight is 216 g/mol. The first-order chi connectivity index (χ1) is 7.83. The van der Waals surface area contributed by atoms with Crippen LogP contribution in [-0.2, 0) is 13.5 Å². The molecule has 2 aromatic rings. The molecule has 1 N–H and O–H groups in total. The zero-order chi connectivity index (χ0) is 11.4. The highest BCUT2D eigenvalue weighted by molar-refractivity contribution is 5.64. The first kappa shape index (κ1) is 10.8. The van der Waals surface area contributed by atoms with E-state index in [2.05, 4.69) is 15.4 Å². The number of pyridine rings is 1. The molecule has 0 saturated heterocycles. The minimum Gasteiger partial charge on any atom is -0.319 e. The van der Waals surface area contributed by atoms with Crippen LogP contribution < -0.4 is 5.32 Å². The maximum absolute atomic E-state index is 4.31. The second-order valence-electron chi connectivity index (χ2n) is 3.72. The normalized spacial score (nSPS) is 10.6. The number of aromatic nitrogens is 3. The van der Waals surface area contributed by atoms with Crippen LogP contribution in [0, 0.1) is 0 Å². The lowest BCUT2D eigenvalue weighted by Crippen LogP contribution is -2.13. The predicted octanol–water partition coefficient (Wildman–Crippen LogP) is 1.24. The summed E-state index contributed by atoms with van der Waals surface area (Å²) in [7, 11) is 3.94. The van der Waals surface area contributed by atoms with Gasteiger partial charge in [-0.15, -0.1) is 0 Å². The van der Waals surface area contributed by atoms with Crippen molar-refractivity contribution in [1.29, 1.82) is 0 Å². The quantitative estimate of drug-likeness (QED) is 0.836. The van der Waals surface area contributed by atoms with E-state index in [1.165, 1.54) is 16.8 Å². The highest BCUT2D eigenvalue weighted by atomic mass is 15.3. The number of nitrogens with zero attached hydrogens (tertiary/aromatic N) is 3. The van der Waals surface area contributed by atoms with Crippen molar-refractivity contribution < 1.29 is 0 Å². The van der Waals surface area contributed by atoms with Crippen LogP contribution in [0.2, 0.25) is 0 Å². The molecular weight excluding hydrogens is 200 g/mol. The third kappa shape index (κ3) is 2.12. The van der Waals surface area contributed by atoms with Gasteiger partial charge in [0.1, 0.15) is 0 Å². The summed E-state index contributed by atoms with van der Waals surface area (Å²) in [4.78, 5) is 4.03. The van der Waals surface area contributed by atoms with Gasteiger partial charge in [-0.25, -0.2) is 0 Å². The SMILES string of the molecule is CNCCc1c(-c2ccncc2)cnn1C. The first-order valence-electron chi connectivity index (χ1n) is 5.39. The fourth-order valence-corrected chi connectivity index (χ4v) is 1.78. The van der Waals surface area contributed by atoms with Crippen LogP contribution in [0.4, 0.5) is 0 Å². The Labute approximate surface area is 95.3 Å². The molecule has 4 nitrogen and oxygen atoms in total. The Bertz CT molecular complexity index is 447. The van der Waals surface area contributed by atoms with E-state index < -0.39 is 0 Å². The summed E-state index contributed by atoms with van der Waals surface area (Å²) < 4.78 is 1.94. The molecule has 2 rings (SSSR count). The molecule has 0 atom stereocenters. The second-order valence-corrected chi connectivity index (χ2v) is 3.72. The number of rotatable bonds is 4. The summed E-state index contributed by atoms with van der Waals surface area (Å²) in [6.07, 6.45) is 6.51. The zero-order valence-corrected chi connectivity index (χ0v) is 9.64. The summed E-state index contributed by atoms with van der Waals surface area (Å²) in [5.74, 6) is 0. The Balaban J connectivity index is 2.34. The van der Waals surface area contributed by atoms with E-state index >= 15 is 0 Å². The van der Waals surface area contributed by atoms with Gasteiger partial charge in [0.05, 0.1) is 6.20 Å². The first-order valence-corrected chi connectivity index (χ1v) is 5.39. The van der Waals surface area contributed by atoms with Crippen LogP contribution >= 0.6 is 0 Å². The number of aryl methyl sites for hydroxylation is 1. The molecule has 0 aliphatic heterocycles. The minimum atomic E-state index is 0.956. The predicted molar refractivity (Wildman–Crippen MR) is 64.1 cm³/mol. The number of likely N-dealkylation sites (N-methyl/N-ethyl adjacent to an activating group) is 1. The zero-order valence-electron chi connectivity index (χ0n) is 9.64. The Hall–Kier alpha value is -1.68. The summed E-state index contributed by atoms with van der Waals surface area (Å²) in [5.41, 5.74) is 3.62. The van der Waals surface area contributed by atoms with Crippen LogP contribution in [0.3, 0.4) is 0 Å². The Kier molecular flexibility index (Phi) is 3.31. The number of hydrogen-bond donors (Lipinski definition) is 1. The summed E-state index contributed by atoms with van der Waals surface area (Å²) in [6, 6.07) is 4.03. The van der Waals surface area contributed by atoms with E-state index in [1.54, 1.807) is 0 Å². The largest absolute Gasteiger partial charge is 0.319 e. The fraction of sp³-hybridized carbons (Fsp3) is 0.333. The molecule has 84 valence electrons. The Morgan fingerprint density at radius 2 is 2.06 bits per heavy atom. The molecule has 4 heteroatoms. The van der Waals surface area contributed by atoms with Gasteiger partial charge in [-0.1, -0.05) is 0 Å². The van der Waals surface area contributed by atoms with Crippen molar-refractivity contribution in [2.24, 2.45) is 7.05 Å². The molecule has 0 saturated carbocycles. The van der Waals surface area contributed by atoms with Crippen molar-refractivity contribution in [3.8, 4) is 11.1 Å². The molecule has 0 aliphatic carbocycles. The number of nitrogens with one attached hydrogen (secondary N) is 1. The molecule has 0 fully saturated rings. The van der Waals surface area contributed by atoms with Gasteiger partial charge in [0, 0.05) is 43.7 Å². The van der Waals surface area contributed by atoms with Crippen LogP contribution in [-0.4, -0.2) is 28.4 Å². The molecule has 0 spiro atoms. The molecule has 2 aromatic heterocycles. The van der Waals surface area contributed by atoms with E-state index in [0.29, 0.717) is 0 Å². The van der Waals surface area contributed by atoms with Crippen molar-refractivity contribution in [3.05, 3.63) is 36.4 Å². The molecule has 0 amide bonds. The lowest BCUT2D eigenvalue weighted by molar-refractivity contribution is 0.682. The lowest BCUT2D eigenvalue weighted by atomic mass is 10.1. The van der Waals surface area contributed by atoms with E-state index in [-0.39, 0.29) is 0 Å². The van der Waals surface area contributed by atoms with Crippen LogP contribution in [0.15, 0.2) is 30.7 Å². The maximum atomic E-state index is 4.31. The van der Waals surface area contributed by atoms with Crippen molar-refractivity contribution in [3.63, 3.8) is 0 Å². The molecule has 0 bridgehead atoms. The molecule has 0 radical (unpaired) electrons. The van der Waals surface area contributed by atoms with Gasteiger partial charge >= 0.3 is 0 Å². The van der Waals surface area contributed by atoms with E-state index in [1.807, 2.05) is 49.5 Å². The topological polar surface area (TPSA) is 42.7 Å². The highest BCUT2D eigenvalue weighted by Crippen LogP contribution is 2.22.